The van der Waals surface area contributed by atoms with Gasteiger partial charge in [-0.3, -0.25) is 9.59 Å². The Bertz CT molecular complexity index is 682. The molecule has 0 amide bonds. The largest absolute Gasteiger partial charge is 0.499 e. The van der Waals surface area contributed by atoms with E-state index in [0.717, 1.165) is 5.56 Å². The molecular weight excluding hydrogens is 234 g/mol. The predicted octanol–water partition coefficient (Wildman–Crippen LogP) is -0.840. The Labute approximate surface area is 103 Å². The summed E-state index contributed by atoms with van der Waals surface area (Å²) in [5.74, 6) is -0.494. The molecule has 0 aliphatic heterocycles. The first-order valence-electron chi connectivity index (χ1n) is 5.26. The molecule has 0 saturated carbocycles. The van der Waals surface area contributed by atoms with Crippen LogP contribution in [0.1, 0.15) is 5.56 Å². The third-order valence-corrected chi connectivity index (χ3v) is 2.38. The molecule has 0 fully saturated rings. The first kappa shape index (κ1) is 12.0. The van der Waals surface area contributed by atoms with E-state index in [9.17, 15) is 14.7 Å². The van der Waals surface area contributed by atoms with Crippen molar-refractivity contribution in [2.75, 3.05) is 14.1 Å². The molecule has 0 radical (unpaired) electrons. The summed E-state index contributed by atoms with van der Waals surface area (Å²) in [6.07, 6.45) is 4.81. The fourth-order valence-corrected chi connectivity index (χ4v) is 1.50. The summed E-state index contributed by atoms with van der Waals surface area (Å²) in [6, 6.07) is 3.50. The molecule has 0 atom stereocenters. The molecule has 0 bridgehead atoms. The van der Waals surface area contributed by atoms with Gasteiger partial charge in [0, 0.05) is 20.2 Å². The smallest absolute Gasteiger partial charge is 0.309 e. The molecule has 1 aromatic carbocycles. The van der Waals surface area contributed by atoms with Gasteiger partial charge in [-0.1, -0.05) is 0 Å². The highest BCUT2D eigenvalue weighted by atomic mass is 16.3. The van der Waals surface area contributed by atoms with Crippen molar-refractivity contribution in [3.8, 4) is 11.4 Å². The number of nitrogens with zero attached hydrogens (tertiary/aromatic N) is 3. The van der Waals surface area contributed by atoms with Crippen LogP contribution in [0.3, 0.4) is 0 Å². The molecule has 0 unspecified atom stereocenters. The molecular formula is C12H12N3O3+. The van der Waals surface area contributed by atoms with E-state index in [2.05, 4.69) is 5.10 Å². The number of aromatic nitrogens is 1. The maximum atomic E-state index is 11.3. The lowest BCUT2D eigenvalue weighted by Gasteiger charge is -2.02. The van der Waals surface area contributed by atoms with Crippen LogP contribution < -0.4 is 15.4 Å². The zero-order valence-electron chi connectivity index (χ0n) is 9.99. The fraction of sp³-hybridized carbons (Fsp3) is 0.167. The highest BCUT2D eigenvalue weighted by Crippen LogP contribution is 2.07. The maximum Gasteiger partial charge on any atom is 0.309 e. The highest BCUT2D eigenvalue weighted by molar-refractivity contribution is 5.78. The summed E-state index contributed by atoms with van der Waals surface area (Å²) in [6.45, 7) is 0. The van der Waals surface area contributed by atoms with Gasteiger partial charge in [-0.15, -0.1) is 0 Å². The highest BCUT2D eigenvalue weighted by Gasteiger charge is 2.29. The van der Waals surface area contributed by atoms with Crippen LogP contribution in [0.2, 0.25) is 0 Å². The van der Waals surface area contributed by atoms with E-state index >= 15 is 0 Å². The summed E-state index contributed by atoms with van der Waals surface area (Å²) in [7, 11) is 3.58. The molecule has 1 heterocycles. The SMILES string of the molecule is CN(C)/N=C/c1ccc[n+](-c2c(O)c(=O)c2=O)c1. The Hall–Kier alpha value is -2.50. The normalized spacial score (nSPS) is 11.2. The lowest BCUT2D eigenvalue weighted by atomic mass is 10.2. The second kappa shape index (κ2) is 4.40. The van der Waals surface area contributed by atoms with Crippen molar-refractivity contribution in [1.82, 2.24) is 5.01 Å². The molecule has 18 heavy (non-hydrogen) atoms. The quantitative estimate of drug-likeness (QED) is 0.332. The average Bonchev–Trinajstić information content (AvgIpc) is 2.36. The van der Waals surface area contributed by atoms with Crippen molar-refractivity contribution in [3.63, 3.8) is 0 Å². The minimum absolute atomic E-state index is 0.0000954. The zero-order chi connectivity index (χ0) is 13.3. The maximum absolute atomic E-state index is 11.3. The van der Waals surface area contributed by atoms with E-state index in [0.29, 0.717) is 0 Å². The van der Waals surface area contributed by atoms with Crippen molar-refractivity contribution in [2.24, 2.45) is 5.10 Å². The van der Waals surface area contributed by atoms with Gasteiger partial charge >= 0.3 is 11.1 Å². The zero-order valence-corrected chi connectivity index (χ0v) is 9.99. The van der Waals surface area contributed by atoms with E-state index in [4.69, 9.17) is 0 Å². The van der Waals surface area contributed by atoms with Gasteiger partial charge in [0.1, 0.15) is 0 Å². The summed E-state index contributed by atoms with van der Waals surface area (Å²) < 4.78 is 1.41. The first-order valence-corrected chi connectivity index (χ1v) is 5.26. The molecule has 0 spiro atoms. The molecule has 0 saturated heterocycles. The van der Waals surface area contributed by atoms with E-state index in [1.807, 2.05) is 0 Å². The van der Waals surface area contributed by atoms with Gasteiger partial charge in [0.25, 0.3) is 5.43 Å². The molecule has 1 N–H and O–H groups in total. The molecule has 2 aromatic rings. The summed E-state index contributed by atoms with van der Waals surface area (Å²) in [4.78, 5) is 22.3. The van der Waals surface area contributed by atoms with E-state index in [1.54, 1.807) is 49.8 Å². The second-order valence-corrected chi connectivity index (χ2v) is 3.99. The molecule has 0 aliphatic carbocycles. The van der Waals surface area contributed by atoms with Crippen LogP contribution >= 0.6 is 0 Å². The number of rotatable bonds is 3. The van der Waals surface area contributed by atoms with Gasteiger partial charge in [0.15, 0.2) is 12.4 Å². The summed E-state index contributed by atoms with van der Waals surface area (Å²) in [5.41, 5.74) is -0.775. The van der Waals surface area contributed by atoms with Gasteiger partial charge in [-0.25, -0.2) is 0 Å². The van der Waals surface area contributed by atoms with Crippen molar-refractivity contribution >= 4 is 6.21 Å². The van der Waals surface area contributed by atoms with Crippen LogP contribution in [-0.4, -0.2) is 30.4 Å². The van der Waals surface area contributed by atoms with Gasteiger partial charge < -0.3 is 10.1 Å². The van der Waals surface area contributed by atoms with E-state index in [1.165, 1.54) is 4.57 Å². The molecule has 2 rings (SSSR count). The second-order valence-electron chi connectivity index (χ2n) is 3.99. The summed E-state index contributed by atoms with van der Waals surface area (Å²) >= 11 is 0. The Morgan fingerprint density at radius 1 is 1.33 bits per heavy atom. The lowest BCUT2D eigenvalue weighted by Crippen LogP contribution is -2.47. The first-order chi connectivity index (χ1) is 8.50. The molecule has 6 heteroatoms. The van der Waals surface area contributed by atoms with Gasteiger partial charge in [0.2, 0.25) is 5.75 Å². The number of hydrazone groups is 1. The Morgan fingerprint density at radius 2 is 2.06 bits per heavy atom. The van der Waals surface area contributed by atoms with Crippen molar-refractivity contribution in [3.05, 3.63) is 50.5 Å². The van der Waals surface area contributed by atoms with Crippen LogP contribution in [0.5, 0.6) is 5.75 Å². The Kier molecular flexibility index (Phi) is 2.93. The predicted molar refractivity (Wildman–Crippen MR) is 65.8 cm³/mol. The van der Waals surface area contributed by atoms with Crippen LogP contribution in [0.15, 0.2) is 39.2 Å². The third kappa shape index (κ3) is 2.00. The van der Waals surface area contributed by atoms with E-state index in [-0.39, 0.29) is 5.69 Å². The lowest BCUT2D eigenvalue weighted by molar-refractivity contribution is -0.598. The number of hydrogen-bond donors (Lipinski definition) is 1. The van der Waals surface area contributed by atoms with Crippen molar-refractivity contribution in [2.45, 2.75) is 0 Å². The van der Waals surface area contributed by atoms with Crippen LogP contribution in [-0.2, 0) is 0 Å². The molecule has 1 aromatic heterocycles. The number of pyridine rings is 1. The van der Waals surface area contributed by atoms with Crippen LogP contribution in [0, 0.1) is 0 Å². The molecule has 6 nitrogen and oxygen atoms in total. The van der Waals surface area contributed by atoms with Crippen LogP contribution in [0.4, 0.5) is 0 Å². The number of hydrogen-bond acceptors (Lipinski definition) is 5. The minimum atomic E-state index is -0.843. The Morgan fingerprint density at radius 3 is 2.67 bits per heavy atom. The monoisotopic (exact) mass is 246 g/mol. The van der Waals surface area contributed by atoms with Gasteiger partial charge in [-0.2, -0.15) is 9.67 Å². The van der Waals surface area contributed by atoms with Crippen molar-refractivity contribution < 1.29 is 9.67 Å². The van der Waals surface area contributed by atoms with E-state index < -0.39 is 16.6 Å². The average molecular weight is 246 g/mol. The summed E-state index contributed by atoms with van der Waals surface area (Å²) in [5, 5.41) is 15.0. The minimum Gasteiger partial charge on any atom is -0.499 e. The standard InChI is InChI=1S/C12H11N3O3/c1-14(2)13-6-8-4-3-5-15(7-8)9-10(16)12(18)11(9)17/h3-7H,1-2H3/p+1/b13-6+. The van der Waals surface area contributed by atoms with Crippen LogP contribution in [0.25, 0.3) is 5.69 Å². The third-order valence-electron chi connectivity index (χ3n) is 2.38. The fourth-order valence-electron chi connectivity index (χ4n) is 1.50. The Balaban J connectivity index is 2.40. The number of aromatic hydroxyl groups is 1. The topological polar surface area (TPSA) is 73.8 Å². The van der Waals surface area contributed by atoms with Gasteiger partial charge in [0.05, 0.1) is 11.8 Å². The molecule has 92 valence electrons. The molecule has 0 aliphatic rings. The van der Waals surface area contributed by atoms with Crippen molar-refractivity contribution in [1.29, 1.82) is 0 Å². The van der Waals surface area contributed by atoms with Gasteiger partial charge in [-0.05, 0) is 6.07 Å².